The fourth-order valence-corrected chi connectivity index (χ4v) is 2.99. The predicted molar refractivity (Wildman–Crippen MR) is 80.9 cm³/mol. The van der Waals surface area contributed by atoms with Crippen molar-refractivity contribution in [1.82, 2.24) is 9.80 Å². The van der Waals surface area contributed by atoms with Gasteiger partial charge in [0.05, 0.1) is 6.42 Å². The Balaban J connectivity index is 1.48. The lowest BCUT2D eigenvalue weighted by Gasteiger charge is -2.34. The highest BCUT2D eigenvalue weighted by Crippen LogP contribution is 2.29. The number of benzene rings is 1. The summed E-state index contributed by atoms with van der Waals surface area (Å²) in [6.45, 7) is 5.02. The number of carbonyl (C=O) groups is 1. The van der Waals surface area contributed by atoms with Gasteiger partial charge in [-0.3, -0.25) is 9.69 Å². The van der Waals surface area contributed by atoms with Crippen molar-refractivity contribution in [2.75, 3.05) is 32.7 Å². The molecule has 0 radical (unpaired) electrons. The maximum absolute atomic E-state index is 12.3. The van der Waals surface area contributed by atoms with Crippen LogP contribution >= 0.6 is 11.6 Å². The molecule has 1 saturated heterocycles. The van der Waals surface area contributed by atoms with Gasteiger partial charge in [0.1, 0.15) is 0 Å². The Morgan fingerprint density at radius 3 is 2.60 bits per heavy atom. The summed E-state index contributed by atoms with van der Waals surface area (Å²) >= 11 is 5.96. The molecule has 0 atom stereocenters. The van der Waals surface area contributed by atoms with Crippen LogP contribution in [0.2, 0.25) is 5.02 Å². The normalized spacial score (nSPS) is 20.1. The molecule has 1 aromatic carbocycles. The van der Waals surface area contributed by atoms with E-state index in [9.17, 15) is 4.79 Å². The van der Waals surface area contributed by atoms with Gasteiger partial charge in [-0.05, 0) is 36.5 Å². The summed E-state index contributed by atoms with van der Waals surface area (Å²) in [6, 6.07) is 7.58. The average molecular weight is 293 g/mol. The molecule has 108 valence electrons. The van der Waals surface area contributed by atoms with Crippen LogP contribution in [0.15, 0.2) is 24.3 Å². The summed E-state index contributed by atoms with van der Waals surface area (Å²) in [7, 11) is 0. The average Bonchev–Trinajstić information content (AvgIpc) is 3.23. The van der Waals surface area contributed by atoms with Gasteiger partial charge in [0, 0.05) is 37.7 Å². The van der Waals surface area contributed by atoms with E-state index >= 15 is 0 Å². The smallest absolute Gasteiger partial charge is 0.227 e. The van der Waals surface area contributed by atoms with Crippen molar-refractivity contribution in [3.63, 3.8) is 0 Å². The number of rotatable bonds is 4. The quantitative estimate of drug-likeness (QED) is 0.851. The predicted octanol–water partition coefficient (Wildman–Crippen LogP) is 2.44. The van der Waals surface area contributed by atoms with Crippen LogP contribution in [0.5, 0.6) is 0 Å². The van der Waals surface area contributed by atoms with Crippen molar-refractivity contribution >= 4 is 17.5 Å². The van der Waals surface area contributed by atoms with Crippen LogP contribution in [-0.2, 0) is 11.2 Å². The number of amides is 1. The monoisotopic (exact) mass is 292 g/mol. The minimum Gasteiger partial charge on any atom is -0.340 e. The molecule has 1 saturated carbocycles. The molecule has 3 rings (SSSR count). The van der Waals surface area contributed by atoms with Crippen LogP contribution < -0.4 is 0 Å². The van der Waals surface area contributed by atoms with E-state index in [1.807, 2.05) is 29.2 Å². The second-order valence-electron chi connectivity index (χ2n) is 5.93. The third-order valence-corrected chi connectivity index (χ3v) is 4.42. The molecule has 0 bridgehead atoms. The lowest BCUT2D eigenvalue weighted by atomic mass is 10.1. The minimum absolute atomic E-state index is 0.221. The summed E-state index contributed by atoms with van der Waals surface area (Å²) < 4.78 is 0. The first-order chi connectivity index (χ1) is 9.70. The summed E-state index contributed by atoms with van der Waals surface area (Å²) in [5.41, 5.74) is 1.00. The standard InChI is InChI=1S/C16H21ClN2O/c17-15-3-1-2-14(10-15)11-16(20)19-8-6-18(7-9-19)12-13-4-5-13/h1-3,10,13H,4-9,11-12H2. The number of halogens is 1. The third kappa shape index (κ3) is 3.74. The van der Waals surface area contributed by atoms with E-state index in [-0.39, 0.29) is 5.91 Å². The van der Waals surface area contributed by atoms with Gasteiger partial charge in [-0.25, -0.2) is 0 Å². The van der Waals surface area contributed by atoms with Crippen LogP contribution in [0, 0.1) is 5.92 Å². The van der Waals surface area contributed by atoms with Gasteiger partial charge in [0.25, 0.3) is 0 Å². The molecule has 4 heteroatoms. The minimum atomic E-state index is 0.221. The fourth-order valence-electron chi connectivity index (χ4n) is 2.78. The molecule has 0 N–H and O–H groups in total. The van der Waals surface area contributed by atoms with Crippen molar-refractivity contribution in [3.8, 4) is 0 Å². The van der Waals surface area contributed by atoms with E-state index in [1.54, 1.807) is 0 Å². The SMILES string of the molecule is O=C(Cc1cccc(Cl)c1)N1CCN(CC2CC2)CC1. The molecule has 1 aromatic rings. The highest BCUT2D eigenvalue weighted by Gasteiger charge is 2.27. The lowest BCUT2D eigenvalue weighted by molar-refractivity contribution is -0.132. The van der Waals surface area contributed by atoms with E-state index < -0.39 is 0 Å². The third-order valence-electron chi connectivity index (χ3n) is 4.18. The van der Waals surface area contributed by atoms with Crippen LogP contribution in [0.4, 0.5) is 0 Å². The molecule has 1 aliphatic carbocycles. The Bertz CT molecular complexity index is 479. The Labute approximate surface area is 125 Å². The largest absolute Gasteiger partial charge is 0.340 e. The van der Waals surface area contributed by atoms with Crippen molar-refractivity contribution < 1.29 is 4.79 Å². The van der Waals surface area contributed by atoms with Crippen molar-refractivity contribution in [1.29, 1.82) is 0 Å². The summed E-state index contributed by atoms with van der Waals surface area (Å²) in [6.07, 6.45) is 3.25. The molecule has 2 aliphatic rings. The van der Waals surface area contributed by atoms with Gasteiger partial charge in [-0.15, -0.1) is 0 Å². The van der Waals surface area contributed by atoms with Gasteiger partial charge >= 0.3 is 0 Å². The summed E-state index contributed by atoms with van der Waals surface area (Å²) in [4.78, 5) is 16.8. The Hall–Kier alpha value is -1.06. The second-order valence-corrected chi connectivity index (χ2v) is 6.37. The molecule has 1 heterocycles. The number of hydrogen-bond donors (Lipinski definition) is 0. The van der Waals surface area contributed by atoms with Crippen molar-refractivity contribution in [3.05, 3.63) is 34.9 Å². The zero-order valence-corrected chi connectivity index (χ0v) is 12.5. The topological polar surface area (TPSA) is 23.6 Å². The highest BCUT2D eigenvalue weighted by molar-refractivity contribution is 6.30. The van der Waals surface area contributed by atoms with Crippen LogP contribution in [0.25, 0.3) is 0 Å². The highest BCUT2D eigenvalue weighted by atomic mass is 35.5. The Morgan fingerprint density at radius 2 is 1.95 bits per heavy atom. The van der Waals surface area contributed by atoms with Gasteiger partial charge in [0.2, 0.25) is 5.91 Å². The Kier molecular flexibility index (Phi) is 4.27. The summed E-state index contributed by atoms with van der Waals surface area (Å²) in [5.74, 6) is 1.15. The zero-order chi connectivity index (χ0) is 13.9. The molecule has 2 fully saturated rings. The first kappa shape index (κ1) is 13.9. The van der Waals surface area contributed by atoms with E-state index in [0.717, 1.165) is 37.7 Å². The lowest BCUT2D eigenvalue weighted by Crippen LogP contribution is -2.49. The van der Waals surface area contributed by atoms with Crippen LogP contribution in [0.3, 0.4) is 0 Å². The molecule has 0 aromatic heterocycles. The molecule has 20 heavy (non-hydrogen) atoms. The van der Waals surface area contributed by atoms with Gasteiger partial charge in [-0.1, -0.05) is 23.7 Å². The van der Waals surface area contributed by atoms with E-state index in [2.05, 4.69) is 4.90 Å². The van der Waals surface area contributed by atoms with Crippen LogP contribution in [0.1, 0.15) is 18.4 Å². The number of carbonyl (C=O) groups excluding carboxylic acids is 1. The zero-order valence-electron chi connectivity index (χ0n) is 11.7. The maximum atomic E-state index is 12.3. The first-order valence-corrected chi connectivity index (χ1v) is 7.83. The van der Waals surface area contributed by atoms with Gasteiger partial charge < -0.3 is 4.90 Å². The van der Waals surface area contributed by atoms with E-state index in [0.29, 0.717) is 11.4 Å². The second kappa shape index (κ2) is 6.15. The number of piperazine rings is 1. The van der Waals surface area contributed by atoms with Crippen molar-refractivity contribution in [2.45, 2.75) is 19.3 Å². The van der Waals surface area contributed by atoms with Crippen molar-refractivity contribution in [2.24, 2.45) is 5.92 Å². The molecule has 1 amide bonds. The molecule has 0 spiro atoms. The van der Waals surface area contributed by atoms with Gasteiger partial charge in [0.15, 0.2) is 0 Å². The summed E-state index contributed by atoms with van der Waals surface area (Å²) in [5, 5.41) is 0.699. The van der Waals surface area contributed by atoms with Crippen LogP contribution in [-0.4, -0.2) is 48.4 Å². The molecule has 0 unspecified atom stereocenters. The van der Waals surface area contributed by atoms with E-state index in [4.69, 9.17) is 11.6 Å². The molecular formula is C16H21ClN2O. The number of hydrogen-bond acceptors (Lipinski definition) is 2. The number of nitrogens with zero attached hydrogens (tertiary/aromatic N) is 2. The molecule has 3 nitrogen and oxygen atoms in total. The maximum Gasteiger partial charge on any atom is 0.227 e. The molecule has 1 aliphatic heterocycles. The Morgan fingerprint density at radius 1 is 1.20 bits per heavy atom. The fraction of sp³-hybridized carbons (Fsp3) is 0.562. The van der Waals surface area contributed by atoms with E-state index in [1.165, 1.54) is 19.4 Å². The first-order valence-electron chi connectivity index (χ1n) is 7.45. The van der Waals surface area contributed by atoms with Gasteiger partial charge in [-0.2, -0.15) is 0 Å². The molecular weight excluding hydrogens is 272 g/mol.